The van der Waals surface area contributed by atoms with Crippen molar-refractivity contribution in [1.82, 2.24) is 4.90 Å². The molecule has 1 aliphatic carbocycles. The van der Waals surface area contributed by atoms with Crippen LogP contribution < -0.4 is 0 Å². The fourth-order valence-corrected chi connectivity index (χ4v) is 3.26. The lowest BCUT2D eigenvalue weighted by Gasteiger charge is -2.12. The second-order valence-electron chi connectivity index (χ2n) is 6.99. The Balaban J connectivity index is 0.00000243. The zero-order chi connectivity index (χ0) is 17.5. The molecule has 0 aliphatic heterocycles. The Bertz CT molecular complexity index is 713. The number of rotatable bonds is 6. The highest BCUT2D eigenvalue weighted by molar-refractivity contribution is 6.12. The molecule has 140 valence electrons. The molecule has 0 atom stereocenters. The number of hydrogen-bond acceptors (Lipinski definition) is 3. The minimum atomic E-state index is 0. The molecule has 0 saturated carbocycles. The summed E-state index contributed by atoms with van der Waals surface area (Å²) in [6.45, 7) is 1.45. The van der Waals surface area contributed by atoms with Gasteiger partial charge in [0.15, 0.2) is 0 Å². The van der Waals surface area contributed by atoms with Gasteiger partial charge in [0.05, 0.1) is 0 Å². The average molecular weight is 373 g/mol. The van der Waals surface area contributed by atoms with E-state index in [1.165, 1.54) is 43.2 Å². The van der Waals surface area contributed by atoms with E-state index in [0.717, 1.165) is 23.4 Å². The van der Waals surface area contributed by atoms with Gasteiger partial charge in [-0.2, -0.15) is 0 Å². The number of nitrogens with zero attached hydrogens (tertiary/aromatic N) is 2. The molecule has 0 heterocycles. The largest absolute Gasteiger partial charge is 0.394 e. The third-order valence-corrected chi connectivity index (χ3v) is 4.70. The van der Waals surface area contributed by atoms with Gasteiger partial charge in [0, 0.05) is 17.7 Å². The van der Waals surface area contributed by atoms with E-state index in [1.54, 1.807) is 0 Å². The van der Waals surface area contributed by atoms with Crippen molar-refractivity contribution < 1.29 is 4.84 Å². The van der Waals surface area contributed by atoms with E-state index in [9.17, 15) is 0 Å². The van der Waals surface area contributed by atoms with Crippen molar-refractivity contribution in [3.05, 3.63) is 70.8 Å². The van der Waals surface area contributed by atoms with E-state index in [2.05, 4.69) is 40.4 Å². The summed E-state index contributed by atoms with van der Waals surface area (Å²) >= 11 is 0. The topological polar surface area (TPSA) is 24.8 Å². The molecule has 3 rings (SSSR count). The van der Waals surface area contributed by atoms with Crippen molar-refractivity contribution in [2.75, 3.05) is 27.2 Å². The van der Waals surface area contributed by atoms with E-state index < -0.39 is 0 Å². The highest BCUT2D eigenvalue weighted by atomic mass is 35.5. The summed E-state index contributed by atoms with van der Waals surface area (Å²) < 4.78 is 0. The van der Waals surface area contributed by atoms with Crippen molar-refractivity contribution in [2.24, 2.45) is 5.16 Å². The molecule has 0 fully saturated rings. The maximum absolute atomic E-state index is 5.63. The molecule has 0 amide bonds. The summed E-state index contributed by atoms with van der Waals surface area (Å²) in [6.07, 6.45) is 6.30. The van der Waals surface area contributed by atoms with E-state index in [0.29, 0.717) is 6.61 Å². The van der Waals surface area contributed by atoms with Crippen LogP contribution in [0.2, 0.25) is 0 Å². The van der Waals surface area contributed by atoms with Crippen molar-refractivity contribution in [3.63, 3.8) is 0 Å². The van der Waals surface area contributed by atoms with E-state index in [1.807, 2.05) is 32.3 Å². The summed E-state index contributed by atoms with van der Waals surface area (Å²) in [5.74, 6) is 0. The zero-order valence-electron chi connectivity index (χ0n) is 15.8. The Labute approximate surface area is 163 Å². The Hall–Kier alpha value is -1.84. The number of aryl methyl sites for hydroxylation is 2. The van der Waals surface area contributed by atoms with Crippen LogP contribution in [0.15, 0.2) is 53.7 Å². The van der Waals surface area contributed by atoms with Gasteiger partial charge in [-0.3, -0.25) is 0 Å². The standard InChI is InChI=1S/C22H28N2O.ClH/c1-24(2)15-16-25-23-22(19-10-6-4-7-11-19)21-14-13-18-9-5-3-8-12-20(18)17-21;/h4,6-7,10-11,13-14,17H,3,5,8-9,12,15-16H2,1-2H3;1H/b23-22-;. The summed E-state index contributed by atoms with van der Waals surface area (Å²) in [4.78, 5) is 7.73. The van der Waals surface area contributed by atoms with Gasteiger partial charge >= 0.3 is 0 Å². The Morgan fingerprint density at radius 3 is 2.38 bits per heavy atom. The lowest BCUT2D eigenvalue weighted by molar-refractivity contribution is 0.126. The lowest BCUT2D eigenvalue weighted by Crippen LogP contribution is -2.17. The summed E-state index contributed by atoms with van der Waals surface area (Å²) in [5, 5.41) is 4.50. The first kappa shape index (κ1) is 20.5. The van der Waals surface area contributed by atoms with Gasteiger partial charge in [0.1, 0.15) is 12.3 Å². The van der Waals surface area contributed by atoms with Crippen LogP contribution in [0.1, 0.15) is 41.5 Å². The fourth-order valence-electron chi connectivity index (χ4n) is 3.26. The van der Waals surface area contributed by atoms with Gasteiger partial charge < -0.3 is 9.74 Å². The Kier molecular flexibility index (Phi) is 8.14. The lowest BCUT2D eigenvalue weighted by atomic mass is 9.95. The first-order valence-electron chi connectivity index (χ1n) is 9.26. The molecule has 2 aromatic carbocycles. The van der Waals surface area contributed by atoms with Crippen LogP contribution >= 0.6 is 12.4 Å². The van der Waals surface area contributed by atoms with E-state index >= 15 is 0 Å². The molecule has 0 saturated heterocycles. The van der Waals surface area contributed by atoms with Crippen molar-refractivity contribution >= 4 is 18.1 Å². The normalized spacial score (nSPS) is 14.3. The monoisotopic (exact) mass is 372 g/mol. The molecule has 0 unspecified atom stereocenters. The second-order valence-corrected chi connectivity index (χ2v) is 6.99. The molecule has 3 nitrogen and oxygen atoms in total. The molecule has 0 spiro atoms. The van der Waals surface area contributed by atoms with Crippen molar-refractivity contribution in [3.8, 4) is 0 Å². The smallest absolute Gasteiger partial charge is 0.129 e. The van der Waals surface area contributed by atoms with Crippen LogP contribution in [0.4, 0.5) is 0 Å². The van der Waals surface area contributed by atoms with Gasteiger partial charge in [-0.25, -0.2) is 0 Å². The summed E-state index contributed by atoms with van der Waals surface area (Å²) in [5.41, 5.74) is 6.15. The number of benzene rings is 2. The summed E-state index contributed by atoms with van der Waals surface area (Å²) in [7, 11) is 4.08. The van der Waals surface area contributed by atoms with Crippen LogP contribution in [-0.2, 0) is 17.7 Å². The molecule has 2 aromatic rings. The van der Waals surface area contributed by atoms with Crippen molar-refractivity contribution in [2.45, 2.75) is 32.1 Å². The Morgan fingerprint density at radius 2 is 1.65 bits per heavy atom. The molecule has 0 radical (unpaired) electrons. The van der Waals surface area contributed by atoms with Gasteiger partial charge in [0.25, 0.3) is 0 Å². The van der Waals surface area contributed by atoms with E-state index in [-0.39, 0.29) is 12.4 Å². The van der Waals surface area contributed by atoms with Gasteiger partial charge in [-0.1, -0.05) is 54.0 Å². The first-order valence-corrected chi connectivity index (χ1v) is 9.26. The third kappa shape index (κ3) is 5.58. The van der Waals surface area contributed by atoms with Crippen molar-refractivity contribution in [1.29, 1.82) is 0 Å². The zero-order valence-corrected chi connectivity index (χ0v) is 16.6. The SMILES string of the molecule is CN(C)CCO/N=C(/c1ccccc1)c1ccc2c(c1)CCCCC2.Cl. The quantitative estimate of drug-likeness (QED) is 0.317. The molecule has 4 heteroatoms. The van der Waals surface area contributed by atoms with Gasteiger partial charge in [0.2, 0.25) is 0 Å². The number of oxime groups is 1. The highest BCUT2D eigenvalue weighted by Gasteiger charge is 2.13. The molecular formula is C22H29ClN2O. The van der Waals surface area contributed by atoms with Gasteiger partial charge in [-0.15, -0.1) is 12.4 Å². The molecule has 0 N–H and O–H groups in total. The Morgan fingerprint density at radius 1 is 0.923 bits per heavy atom. The number of fused-ring (bicyclic) bond motifs is 1. The van der Waals surface area contributed by atoms with Crippen LogP contribution in [-0.4, -0.2) is 37.9 Å². The number of halogens is 1. The van der Waals surface area contributed by atoms with Crippen LogP contribution in [0.5, 0.6) is 0 Å². The molecular weight excluding hydrogens is 344 g/mol. The predicted octanol–water partition coefficient (Wildman–Crippen LogP) is 4.71. The molecule has 0 aromatic heterocycles. The summed E-state index contributed by atoms with van der Waals surface area (Å²) in [6, 6.07) is 17.1. The van der Waals surface area contributed by atoms with Gasteiger partial charge in [-0.05, 0) is 57.0 Å². The second kappa shape index (κ2) is 10.3. The molecule has 1 aliphatic rings. The van der Waals surface area contributed by atoms with Crippen LogP contribution in [0, 0.1) is 0 Å². The maximum atomic E-state index is 5.63. The maximum Gasteiger partial charge on any atom is 0.129 e. The number of hydrogen-bond donors (Lipinski definition) is 0. The van der Waals surface area contributed by atoms with E-state index in [4.69, 9.17) is 4.84 Å². The minimum absolute atomic E-state index is 0. The first-order chi connectivity index (χ1) is 12.2. The fraction of sp³-hybridized carbons (Fsp3) is 0.409. The highest BCUT2D eigenvalue weighted by Crippen LogP contribution is 2.23. The molecule has 26 heavy (non-hydrogen) atoms. The molecule has 0 bridgehead atoms. The number of likely N-dealkylation sites (N-methyl/N-ethyl adjacent to an activating group) is 1. The van der Waals surface area contributed by atoms with Crippen LogP contribution in [0.25, 0.3) is 0 Å². The predicted molar refractivity (Wildman–Crippen MR) is 112 cm³/mol. The third-order valence-electron chi connectivity index (χ3n) is 4.70. The average Bonchev–Trinajstić information content (AvgIpc) is 2.87. The van der Waals surface area contributed by atoms with Crippen LogP contribution in [0.3, 0.4) is 0 Å². The minimum Gasteiger partial charge on any atom is -0.394 e.